The third-order valence-electron chi connectivity index (χ3n) is 2.46. The van der Waals surface area contributed by atoms with Crippen molar-refractivity contribution in [3.63, 3.8) is 0 Å². The van der Waals surface area contributed by atoms with Gasteiger partial charge in [0, 0.05) is 15.9 Å². The Hall–Kier alpha value is -0.910. The number of halogens is 3. The highest BCUT2D eigenvalue weighted by molar-refractivity contribution is 9.10. The van der Waals surface area contributed by atoms with Crippen LogP contribution in [0, 0.1) is 5.82 Å². The van der Waals surface area contributed by atoms with Crippen molar-refractivity contribution in [2.45, 2.75) is 6.42 Å². The second-order valence-corrected chi connectivity index (χ2v) is 6.55. The molecule has 1 aromatic carbocycles. The van der Waals surface area contributed by atoms with Gasteiger partial charge < -0.3 is 5.32 Å². The topological polar surface area (TPSA) is 29.1 Å². The van der Waals surface area contributed by atoms with Crippen LogP contribution in [0.3, 0.4) is 0 Å². The van der Waals surface area contributed by atoms with E-state index in [1.807, 2.05) is 12.1 Å². The minimum atomic E-state index is -0.528. The first-order valence-corrected chi connectivity index (χ1v) is 7.52. The van der Waals surface area contributed by atoms with Gasteiger partial charge in [0.05, 0.1) is 9.90 Å². The lowest BCUT2D eigenvalue weighted by molar-refractivity contribution is 0.0950. The number of carbonyl (C=O) groups excluding carboxylic acids is 1. The molecular weight excluding hydrogens is 353 g/mol. The predicted octanol–water partition coefficient (Wildman–Crippen LogP) is 4.28. The molecule has 2 nitrogen and oxygen atoms in total. The number of rotatable bonds is 4. The van der Waals surface area contributed by atoms with Crippen LogP contribution >= 0.6 is 38.9 Å². The monoisotopic (exact) mass is 361 g/mol. The molecule has 0 aliphatic heterocycles. The molecule has 0 spiro atoms. The van der Waals surface area contributed by atoms with Gasteiger partial charge in [-0.15, -0.1) is 11.3 Å². The maximum Gasteiger partial charge on any atom is 0.254 e. The highest BCUT2D eigenvalue weighted by atomic mass is 79.9. The molecule has 1 amide bonds. The molecule has 1 aromatic heterocycles. The summed E-state index contributed by atoms with van der Waals surface area (Å²) >= 11 is 10.5. The minimum Gasteiger partial charge on any atom is -0.352 e. The molecule has 0 radical (unpaired) electrons. The van der Waals surface area contributed by atoms with Crippen LogP contribution in [0.15, 0.2) is 34.8 Å². The Balaban J connectivity index is 1.92. The Morgan fingerprint density at radius 3 is 2.84 bits per heavy atom. The third kappa shape index (κ3) is 4.03. The highest BCUT2D eigenvalue weighted by Gasteiger charge is 2.11. The van der Waals surface area contributed by atoms with Crippen LogP contribution in [-0.2, 0) is 6.42 Å². The number of benzene rings is 1. The van der Waals surface area contributed by atoms with Crippen LogP contribution in [-0.4, -0.2) is 12.5 Å². The third-order valence-corrected chi connectivity index (χ3v) is 4.24. The van der Waals surface area contributed by atoms with E-state index in [2.05, 4.69) is 21.2 Å². The van der Waals surface area contributed by atoms with Crippen molar-refractivity contribution in [3.05, 3.63) is 55.4 Å². The fourth-order valence-corrected chi connectivity index (χ4v) is 3.00. The Bertz CT molecular complexity index is 602. The van der Waals surface area contributed by atoms with Crippen molar-refractivity contribution in [3.8, 4) is 0 Å². The lowest BCUT2D eigenvalue weighted by atomic mass is 10.2. The quantitative estimate of drug-likeness (QED) is 0.864. The van der Waals surface area contributed by atoms with Gasteiger partial charge in [0.2, 0.25) is 0 Å². The van der Waals surface area contributed by atoms with Crippen molar-refractivity contribution in [1.29, 1.82) is 0 Å². The molecule has 2 rings (SSSR count). The molecular formula is C13H10BrClFNOS. The number of amides is 1. The molecule has 1 heterocycles. The van der Waals surface area contributed by atoms with Gasteiger partial charge in [-0.2, -0.15) is 0 Å². The Morgan fingerprint density at radius 1 is 1.37 bits per heavy atom. The normalized spacial score (nSPS) is 10.5. The minimum absolute atomic E-state index is 0.0404. The van der Waals surface area contributed by atoms with Gasteiger partial charge in [0.1, 0.15) is 5.82 Å². The molecule has 19 heavy (non-hydrogen) atoms. The van der Waals surface area contributed by atoms with Crippen LogP contribution in [0.4, 0.5) is 4.39 Å². The van der Waals surface area contributed by atoms with Crippen molar-refractivity contribution in [2.75, 3.05) is 6.54 Å². The van der Waals surface area contributed by atoms with Crippen LogP contribution < -0.4 is 5.32 Å². The van der Waals surface area contributed by atoms with Crippen LogP contribution in [0.1, 0.15) is 15.2 Å². The Labute approximate surface area is 127 Å². The van der Waals surface area contributed by atoms with Gasteiger partial charge in [-0.25, -0.2) is 4.39 Å². The largest absolute Gasteiger partial charge is 0.352 e. The summed E-state index contributed by atoms with van der Waals surface area (Å²) in [5.74, 6) is -0.943. The maximum atomic E-state index is 13.5. The zero-order valence-electron chi connectivity index (χ0n) is 9.75. The Kier molecular flexibility index (Phi) is 4.96. The summed E-state index contributed by atoms with van der Waals surface area (Å²) in [5, 5.41) is 2.69. The van der Waals surface area contributed by atoms with Gasteiger partial charge in [0.25, 0.3) is 5.91 Å². The molecule has 0 aliphatic carbocycles. The van der Waals surface area contributed by atoms with Gasteiger partial charge in [-0.3, -0.25) is 4.79 Å². The standard InChI is InChI=1S/C13H10BrClFNOS/c14-8-1-3-11(16)10(7-8)13(18)17-6-5-9-2-4-12(15)19-9/h1-4,7H,5-6H2,(H,17,18). The van der Waals surface area contributed by atoms with Crippen molar-refractivity contribution < 1.29 is 9.18 Å². The molecule has 0 aliphatic rings. The fourth-order valence-electron chi connectivity index (χ4n) is 1.55. The van der Waals surface area contributed by atoms with E-state index in [0.29, 0.717) is 17.4 Å². The first-order chi connectivity index (χ1) is 9.06. The predicted molar refractivity (Wildman–Crippen MR) is 79.5 cm³/mol. The van der Waals surface area contributed by atoms with Gasteiger partial charge in [-0.05, 0) is 36.8 Å². The molecule has 100 valence electrons. The van der Waals surface area contributed by atoms with Crippen LogP contribution in [0.2, 0.25) is 4.34 Å². The number of hydrogen-bond acceptors (Lipinski definition) is 2. The number of nitrogens with one attached hydrogen (secondary N) is 1. The summed E-state index contributed by atoms with van der Waals surface area (Å²) in [4.78, 5) is 12.9. The first-order valence-electron chi connectivity index (χ1n) is 5.54. The van der Waals surface area contributed by atoms with E-state index in [9.17, 15) is 9.18 Å². The van der Waals surface area contributed by atoms with E-state index in [1.54, 1.807) is 6.07 Å². The number of hydrogen-bond donors (Lipinski definition) is 1. The molecule has 0 unspecified atom stereocenters. The van der Waals surface area contributed by atoms with E-state index in [0.717, 1.165) is 9.21 Å². The first kappa shape index (κ1) is 14.5. The average molecular weight is 363 g/mol. The lowest BCUT2D eigenvalue weighted by Crippen LogP contribution is -2.26. The number of thiophene rings is 1. The Morgan fingerprint density at radius 2 is 2.16 bits per heavy atom. The molecule has 2 aromatic rings. The smallest absolute Gasteiger partial charge is 0.254 e. The molecule has 1 N–H and O–H groups in total. The number of carbonyl (C=O) groups is 1. The van der Waals surface area contributed by atoms with Crippen molar-refractivity contribution >= 4 is 44.8 Å². The molecule has 0 bridgehead atoms. The fraction of sp³-hybridized carbons (Fsp3) is 0.154. The van der Waals surface area contributed by atoms with E-state index in [1.165, 1.54) is 23.5 Å². The van der Waals surface area contributed by atoms with E-state index < -0.39 is 11.7 Å². The molecule has 6 heteroatoms. The summed E-state index contributed by atoms with van der Waals surface area (Å²) in [7, 11) is 0. The van der Waals surface area contributed by atoms with Crippen molar-refractivity contribution in [2.24, 2.45) is 0 Å². The lowest BCUT2D eigenvalue weighted by Gasteiger charge is -2.05. The molecule has 0 atom stereocenters. The van der Waals surface area contributed by atoms with Gasteiger partial charge >= 0.3 is 0 Å². The zero-order chi connectivity index (χ0) is 13.8. The maximum absolute atomic E-state index is 13.5. The summed E-state index contributed by atoms with van der Waals surface area (Å²) in [5.41, 5.74) is 0.0404. The van der Waals surface area contributed by atoms with Crippen LogP contribution in [0.25, 0.3) is 0 Å². The highest BCUT2D eigenvalue weighted by Crippen LogP contribution is 2.21. The molecule has 0 saturated heterocycles. The summed E-state index contributed by atoms with van der Waals surface area (Å²) < 4.78 is 14.9. The molecule has 0 saturated carbocycles. The van der Waals surface area contributed by atoms with Crippen LogP contribution in [0.5, 0.6) is 0 Å². The SMILES string of the molecule is O=C(NCCc1ccc(Cl)s1)c1cc(Br)ccc1F. The van der Waals surface area contributed by atoms with Gasteiger partial charge in [0.15, 0.2) is 0 Å². The van der Waals surface area contributed by atoms with Crippen molar-refractivity contribution in [1.82, 2.24) is 5.32 Å². The summed E-state index contributed by atoms with van der Waals surface area (Å²) in [6, 6.07) is 8.01. The summed E-state index contributed by atoms with van der Waals surface area (Å²) in [6.45, 7) is 0.446. The summed E-state index contributed by atoms with van der Waals surface area (Å²) in [6.07, 6.45) is 0.679. The molecule has 0 fully saturated rings. The second-order valence-electron chi connectivity index (χ2n) is 3.84. The zero-order valence-corrected chi connectivity index (χ0v) is 12.9. The van der Waals surface area contributed by atoms with E-state index >= 15 is 0 Å². The van der Waals surface area contributed by atoms with E-state index in [-0.39, 0.29) is 5.56 Å². The second kappa shape index (κ2) is 6.50. The average Bonchev–Trinajstić information content (AvgIpc) is 2.78. The van der Waals surface area contributed by atoms with Gasteiger partial charge in [-0.1, -0.05) is 27.5 Å². The van der Waals surface area contributed by atoms with E-state index in [4.69, 9.17) is 11.6 Å².